The van der Waals surface area contributed by atoms with Gasteiger partial charge in [-0.05, 0) is 32.9 Å². The zero-order valence-electron chi connectivity index (χ0n) is 13.2. The van der Waals surface area contributed by atoms with Gasteiger partial charge in [0.05, 0.1) is 11.5 Å². The van der Waals surface area contributed by atoms with Crippen LogP contribution in [0, 0.1) is 6.92 Å². The Morgan fingerprint density at radius 2 is 2.19 bits per heavy atom. The Hall–Kier alpha value is -0.910. The molecule has 2 unspecified atom stereocenters. The van der Waals surface area contributed by atoms with Crippen molar-refractivity contribution in [1.29, 1.82) is 0 Å². The standard InChI is InChI=1S/C16H26N2O2S/c1-13-5-4-6-15(11-13)16(17-3)7-8-18-9-10-21(19,20)12-14(18)2/h4-6,11,14,16-17H,7-10,12H2,1-3H3. The summed E-state index contributed by atoms with van der Waals surface area (Å²) in [6.07, 6.45) is 0.990. The van der Waals surface area contributed by atoms with Gasteiger partial charge in [0, 0.05) is 25.2 Å². The van der Waals surface area contributed by atoms with Crippen LogP contribution in [0.3, 0.4) is 0 Å². The summed E-state index contributed by atoms with van der Waals surface area (Å²) in [5.41, 5.74) is 2.57. The normalized spacial score (nSPS) is 23.9. The molecule has 1 saturated heterocycles. The fraction of sp³-hybridized carbons (Fsp3) is 0.625. The van der Waals surface area contributed by atoms with Gasteiger partial charge in [-0.15, -0.1) is 0 Å². The SMILES string of the molecule is CNC(CCN1CCS(=O)(=O)CC1C)c1cccc(C)c1. The lowest BCUT2D eigenvalue weighted by molar-refractivity contribution is 0.215. The maximum atomic E-state index is 11.6. The average Bonchev–Trinajstić information content (AvgIpc) is 2.41. The van der Waals surface area contributed by atoms with E-state index in [0.29, 0.717) is 24.1 Å². The van der Waals surface area contributed by atoms with Crippen molar-refractivity contribution < 1.29 is 8.42 Å². The fourth-order valence-corrected chi connectivity index (χ4v) is 4.65. The number of nitrogens with zero attached hydrogens (tertiary/aromatic N) is 1. The first kappa shape index (κ1) is 16.5. The molecule has 5 heteroatoms. The topological polar surface area (TPSA) is 49.4 Å². The molecule has 1 aromatic carbocycles. The minimum absolute atomic E-state index is 0.124. The van der Waals surface area contributed by atoms with Crippen LogP contribution in [0.2, 0.25) is 0 Å². The molecular weight excluding hydrogens is 284 g/mol. The molecule has 1 fully saturated rings. The van der Waals surface area contributed by atoms with E-state index in [1.54, 1.807) is 0 Å². The molecule has 118 valence electrons. The van der Waals surface area contributed by atoms with Crippen molar-refractivity contribution in [2.75, 3.05) is 31.6 Å². The highest BCUT2D eigenvalue weighted by molar-refractivity contribution is 7.91. The van der Waals surface area contributed by atoms with Crippen LogP contribution in [-0.2, 0) is 9.84 Å². The zero-order valence-corrected chi connectivity index (χ0v) is 14.0. The van der Waals surface area contributed by atoms with Gasteiger partial charge in [-0.3, -0.25) is 4.90 Å². The average molecular weight is 310 g/mol. The number of benzene rings is 1. The summed E-state index contributed by atoms with van der Waals surface area (Å²) < 4.78 is 23.2. The number of hydrogen-bond donors (Lipinski definition) is 1. The van der Waals surface area contributed by atoms with Gasteiger partial charge < -0.3 is 5.32 Å². The number of hydrogen-bond acceptors (Lipinski definition) is 4. The molecule has 2 rings (SSSR count). The van der Waals surface area contributed by atoms with Crippen LogP contribution in [0.4, 0.5) is 0 Å². The molecule has 4 nitrogen and oxygen atoms in total. The molecule has 0 aromatic heterocycles. The monoisotopic (exact) mass is 310 g/mol. The van der Waals surface area contributed by atoms with E-state index in [1.165, 1.54) is 11.1 Å². The minimum Gasteiger partial charge on any atom is -0.313 e. The van der Waals surface area contributed by atoms with Gasteiger partial charge in [-0.1, -0.05) is 29.8 Å². The molecular formula is C16H26N2O2S. The zero-order chi connectivity index (χ0) is 15.5. The van der Waals surface area contributed by atoms with Crippen LogP contribution < -0.4 is 5.32 Å². The molecule has 1 aliphatic rings. The van der Waals surface area contributed by atoms with Crippen LogP contribution in [0.25, 0.3) is 0 Å². The van der Waals surface area contributed by atoms with E-state index in [4.69, 9.17) is 0 Å². The third-order valence-electron chi connectivity index (χ3n) is 4.31. The Labute approximate surface area is 128 Å². The molecule has 1 aromatic rings. The Morgan fingerprint density at radius 1 is 1.43 bits per heavy atom. The Balaban J connectivity index is 1.95. The first-order valence-corrected chi connectivity index (χ1v) is 9.42. The van der Waals surface area contributed by atoms with Crippen LogP contribution in [0.5, 0.6) is 0 Å². The smallest absolute Gasteiger partial charge is 0.153 e. The summed E-state index contributed by atoms with van der Waals surface area (Å²) in [5.74, 6) is 0.591. The molecule has 21 heavy (non-hydrogen) atoms. The number of rotatable bonds is 5. The molecule has 0 amide bonds. The lowest BCUT2D eigenvalue weighted by atomic mass is 10.0. The molecule has 0 spiro atoms. The quantitative estimate of drug-likeness (QED) is 0.900. The van der Waals surface area contributed by atoms with Gasteiger partial charge in [-0.2, -0.15) is 0 Å². The summed E-state index contributed by atoms with van der Waals surface area (Å²) in [5, 5.41) is 3.37. The lowest BCUT2D eigenvalue weighted by Crippen LogP contribution is -2.47. The second kappa shape index (κ2) is 6.90. The third kappa shape index (κ3) is 4.53. The summed E-state index contributed by atoms with van der Waals surface area (Å²) in [6.45, 7) is 5.70. The molecule has 0 aliphatic carbocycles. The van der Waals surface area contributed by atoms with E-state index in [0.717, 1.165) is 13.0 Å². The van der Waals surface area contributed by atoms with Gasteiger partial charge in [0.2, 0.25) is 0 Å². The van der Waals surface area contributed by atoms with E-state index in [9.17, 15) is 8.42 Å². The second-order valence-corrected chi connectivity index (χ2v) is 8.27. The van der Waals surface area contributed by atoms with E-state index in [1.807, 2.05) is 14.0 Å². The molecule has 0 saturated carbocycles. The molecule has 1 aliphatic heterocycles. The molecule has 1 heterocycles. The highest BCUT2D eigenvalue weighted by Gasteiger charge is 2.28. The van der Waals surface area contributed by atoms with Gasteiger partial charge >= 0.3 is 0 Å². The van der Waals surface area contributed by atoms with Crippen LogP contribution in [0.15, 0.2) is 24.3 Å². The first-order valence-electron chi connectivity index (χ1n) is 7.59. The Kier molecular flexibility index (Phi) is 5.41. The number of sulfone groups is 1. The number of nitrogens with one attached hydrogen (secondary N) is 1. The van der Waals surface area contributed by atoms with Gasteiger partial charge in [0.15, 0.2) is 9.84 Å². The molecule has 0 radical (unpaired) electrons. The van der Waals surface area contributed by atoms with Crippen LogP contribution in [0.1, 0.15) is 30.5 Å². The van der Waals surface area contributed by atoms with Gasteiger partial charge in [0.1, 0.15) is 0 Å². The van der Waals surface area contributed by atoms with E-state index < -0.39 is 9.84 Å². The summed E-state index contributed by atoms with van der Waals surface area (Å²) in [6, 6.07) is 9.00. The highest BCUT2D eigenvalue weighted by Crippen LogP contribution is 2.20. The maximum Gasteiger partial charge on any atom is 0.153 e. The summed E-state index contributed by atoms with van der Waals surface area (Å²) in [4.78, 5) is 2.29. The fourth-order valence-electron chi connectivity index (χ4n) is 3.02. The largest absolute Gasteiger partial charge is 0.313 e. The van der Waals surface area contributed by atoms with Crippen molar-refractivity contribution in [2.24, 2.45) is 0 Å². The summed E-state index contributed by atoms with van der Waals surface area (Å²) >= 11 is 0. The highest BCUT2D eigenvalue weighted by atomic mass is 32.2. The van der Waals surface area contributed by atoms with Crippen molar-refractivity contribution in [3.05, 3.63) is 35.4 Å². The molecule has 1 N–H and O–H groups in total. The maximum absolute atomic E-state index is 11.6. The van der Waals surface area contributed by atoms with Gasteiger partial charge in [0.25, 0.3) is 0 Å². The predicted octanol–water partition coefficient (Wildman–Crippen LogP) is 1.76. The third-order valence-corrected chi connectivity index (χ3v) is 6.10. The van der Waals surface area contributed by atoms with Crippen molar-refractivity contribution in [3.63, 3.8) is 0 Å². The Bertz CT molecular complexity index is 571. The lowest BCUT2D eigenvalue weighted by Gasteiger charge is -2.34. The Morgan fingerprint density at radius 3 is 2.81 bits per heavy atom. The second-order valence-electron chi connectivity index (χ2n) is 6.04. The van der Waals surface area contributed by atoms with Crippen molar-refractivity contribution in [1.82, 2.24) is 10.2 Å². The summed E-state index contributed by atoms with van der Waals surface area (Å²) in [7, 11) is -0.841. The van der Waals surface area contributed by atoms with E-state index in [-0.39, 0.29) is 6.04 Å². The molecule has 0 bridgehead atoms. The predicted molar refractivity (Wildman–Crippen MR) is 87.3 cm³/mol. The van der Waals surface area contributed by atoms with Gasteiger partial charge in [-0.25, -0.2) is 8.42 Å². The molecule has 2 atom stereocenters. The first-order chi connectivity index (χ1) is 9.91. The van der Waals surface area contributed by atoms with Crippen LogP contribution in [-0.4, -0.2) is 51.0 Å². The van der Waals surface area contributed by atoms with Crippen molar-refractivity contribution in [2.45, 2.75) is 32.4 Å². The van der Waals surface area contributed by atoms with Crippen LogP contribution >= 0.6 is 0 Å². The minimum atomic E-state index is -2.82. The van der Waals surface area contributed by atoms with Crippen molar-refractivity contribution >= 4 is 9.84 Å². The number of aryl methyl sites for hydroxylation is 1. The van der Waals surface area contributed by atoms with E-state index in [2.05, 4.69) is 41.4 Å². The van der Waals surface area contributed by atoms with Crippen molar-refractivity contribution in [3.8, 4) is 0 Å². The van der Waals surface area contributed by atoms with E-state index >= 15 is 0 Å².